The lowest BCUT2D eigenvalue weighted by Gasteiger charge is -2.14. The predicted molar refractivity (Wildman–Crippen MR) is 139 cm³/mol. The molecule has 8 nitrogen and oxygen atoms in total. The summed E-state index contributed by atoms with van der Waals surface area (Å²) in [5, 5.41) is 3.16. The number of halogens is 1. The lowest BCUT2D eigenvalue weighted by atomic mass is 10.1. The van der Waals surface area contributed by atoms with Crippen LogP contribution in [0.3, 0.4) is 0 Å². The van der Waals surface area contributed by atoms with Crippen molar-refractivity contribution in [2.45, 2.75) is 18.9 Å². The monoisotopic (exact) mass is 522 g/mol. The Morgan fingerprint density at radius 3 is 2.81 bits per heavy atom. The SMILES string of the molecule is CO[C@@H]1CCN(C(=O)c2cc3nccc(Oc4ccc(CC(=O)Nc5ccccn5)c(Cl)c4)c3s2)C1. The molecular formula is C26H23ClN4O4S. The summed E-state index contributed by atoms with van der Waals surface area (Å²) in [4.78, 5) is 36.3. The van der Waals surface area contributed by atoms with E-state index in [4.69, 9.17) is 21.1 Å². The van der Waals surface area contributed by atoms with Gasteiger partial charge in [0.25, 0.3) is 5.91 Å². The van der Waals surface area contributed by atoms with Gasteiger partial charge in [-0.05, 0) is 42.3 Å². The minimum Gasteiger partial charge on any atom is -0.456 e. The zero-order chi connectivity index (χ0) is 25.1. The fourth-order valence-electron chi connectivity index (χ4n) is 4.02. The van der Waals surface area contributed by atoms with Gasteiger partial charge in [0.15, 0.2) is 0 Å². The zero-order valence-corrected chi connectivity index (χ0v) is 21.0. The highest BCUT2D eigenvalue weighted by Gasteiger charge is 2.28. The number of thiophene rings is 1. The summed E-state index contributed by atoms with van der Waals surface area (Å²) in [7, 11) is 1.67. The summed E-state index contributed by atoms with van der Waals surface area (Å²) in [6.07, 6.45) is 4.27. The number of ether oxygens (including phenoxy) is 2. The highest BCUT2D eigenvalue weighted by Crippen LogP contribution is 2.36. The van der Waals surface area contributed by atoms with E-state index >= 15 is 0 Å². The Morgan fingerprint density at radius 2 is 2.06 bits per heavy atom. The molecule has 184 valence electrons. The molecule has 2 amide bonds. The molecule has 0 radical (unpaired) electrons. The quantitative estimate of drug-likeness (QED) is 0.359. The molecule has 0 spiro atoms. The first kappa shape index (κ1) is 24.2. The van der Waals surface area contributed by atoms with Gasteiger partial charge in [0, 0.05) is 43.7 Å². The number of hydrogen-bond acceptors (Lipinski definition) is 7. The average molecular weight is 523 g/mol. The Balaban J connectivity index is 1.29. The molecule has 0 bridgehead atoms. The topological polar surface area (TPSA) is 93.6 Å². The highest BCUT2D eigenvalue weighted by atomic mass is 35.5. The third-order valence-corrected chi connectivity index (χ3v) is 7.37. The average Bonchev–Trinajstić information content (AvgIpc) is 3.54. The Labute approximate surface area is 216 Å². The number of amides is 2. The maximum atomic E-state index is 13.0. The lowest BCUT2D eigenvalue weighted by Crippen LogP contribution is -2.29. The molecule has 1 fully saturated rings. The van der Waals surface area contributed by atoms with E-state index in [1.807, 2.05) is 4.90 Å². The maximum Gasteiger partial charge on any atom is 0.264 e. The van der Waals surface area contributed by atoms with Gasteiger partial charge in [-0.2, -0.15) is 0 Å². The fraction of sp³-hybridized carbons (Fsp3) is 0.231. The molecule has 0 aliphatic carbocycles. The van der Waals surface area contributed by atoms with Gasteiger partial charge >= 0.3 is 0 Å². The number of carbonyl (C=O) groups excluding carboxylic acids is 2. The summed E-state index contributed by atoms with van der Waals surface area (Å²) in [6, 6.07) is 14.0. The Kier molecular flexibility index (Phi) is 7.13. The first-order valence-corrected chi connectivity index (χ1v) is 12.6. The maximum absolute atomic E-state index is 13.0. The number of anilines is 1. The predicted octanol–water partition coefficient (Wildman–Crippen LogP) is 5.18. The number of methoxy groups -OCH3 is 1. The molecule has 5 rings (SSSR count). The van der Waals surface area contributed by atoms with E-state index in [0.29, 0.717) is 51.4 Å². The molecule has 0 unspecified atom stereocenters. The summed E-state index contributed by atoms with van der Waals surface area (Å²) in [5.41, 5.74) is 1.36. The van der Waals surface area contributed by atoms with Crippen LogP contribution in [0.2, 0.25) is 5.02 Å². The molecule has 1 atom stereocenters. The van der Waals surface area contributed by atoms with Gasteiger partial charge in [-0.25, -0.2) is 4.98 Å². The largest absolute Gasteiger partial charge is 0.456 e. The number of rotatable bonds is 7. The number of benzene rings is 1. The van der Waals surface area contributed by atoms with Gasteiger partial charge in [-0.15, -0.1) is 11.3 Å². The molecule has 0 saturated carbocycles. The summed E-state index contributed by atoms with van der Waals surface area (Å²) >= 11 is 7.81. The molecule has 1 aliphatic rings. The number of likely N-dealkylation sites (tertiary alicyclic amines) is 1. The van der Waals surface area contributed by atoms with Crippen LogP contribution in [0.25, 0.3) is 10.2 Å². The van der Waals surface area contributed by atoms with Crippen molar-refractivity contribution in [1.82, 2.24) is 14.9 Å². The first-order valence-electron chi connectivity index (χ1n) is 11.4. The van der Waals surface area contributed by atoms with Crippen LogP contribution >= 0.6 is 22.9 Å². The van der Waals surface area contributed by atoms with E-state index in [0.717, 1.165) is 11.1 Å². The third-order valence-electron chi connectivity index (χ3n) is 5.89. The Morgan fingerprint density at radius 1 is 1.17 bits per heavy atom. The first-order chi connectivity index (χ1) is 17.5. The van der Waals surface area contributed by atoms with Crippen LogP contribution < -0.4 is 10.1 Å². The molecule has 36 heavy (non-hydrogen) atoms. The zero-order valence-electron chi connectivity index (χ0n) is 19.4. The van der Waals surface area contributed by atoms with Crippen molar-refractivity contribution in [1.29, 1.82) is 0 Å². The number of fused-ring (bicyclic) bond motifs is 1. The van der Waals surface area contributed by atoms with Crippen LogP contribution in [0.4, 0.5) is 5.82 Å². The third kappa shape index (κ3) is 5.33. The van der Waals surface area contributed by atoms with Crippen molar-refractivity contribution in [2.24, 2.45) is 0 Å². The van der Waals surface area contributed by atoms with E-state index in [-0.39, 0.29) is 24.3 Å². The van der Waals surface area contributed by atoms with E-state index in [9.17, 15) is 9.59 Å². The fourth-order valence-corrected chi connectivity index (χ4v) is 5.29. The van der Waals surface area contributed by atoms with Crippen LogP contribution in [0, 0.1) is 0 Å². The number of nitrogens with one attached hydrogen (secondary N) is 1. The van der Waals surface area contributed by atoms with E-state index in [1.165, 1.54) is 11.3 Å². The molecule has 4 heterocycles. The van der Waals surface area contributed by atoms with E-state index in [1.54, 1.807) is 68.0 Å². The highest BCUT2D eigenvalue weighted by molar-refractivity contribution is 7.21. The summed E-state index contributed by atoms with van der Waals surface area (Å²) < 4.78 is 12.3. The van der Waals surface area contributed by atoms with Crippen molar-refractivity contribution in [3.63, 3.8) is 0 Å². The molecule has 4 aromatic rings. The molecule has 1 saturated heterocycles. The van der Waals surface area contributed by atoms with Crippen molar-refractivity contribution < 1.29 is 19.1 Å². The van der Waals surface area contributed by atoms with E-state index in [2.05, 4.69) is 15.3 Å². The molecule has 1 aliphatic heterocycles. The number of aromatic nitrogens is 2. The lowest BCUT2D eigenvalue weighted by molar-refractivity contribution is -0.115. The van der Waals surface area contributed by atoms with Crippen LogP contribution in [0.15, 0.2) is 60.9 Å². The summed E-state index contributed by atoms with van der Waals surface area (Å²) in [6.45, 7) is 1.26. The minimum absolute atomic E-state index is 0.0279. The number of nitrogens with zero attached hydrogens (tertiary/aromatic N) is 3. The van der Waals surface area contributed by atoms with Crippen molar-refractivity contribution in [3.8, 4) is 11.5 Å². The van der Waals surface area contributed by atoms with Gasteiger partial charge in [-0.3, -0.25) is 14.6 Å². The van der Waals surface area contributed by atoms with Gasteiger partial charge in [-0.1, -0.05) is 23.7 Å². The number of hydrogen-bond donors (Lipinski definition) is 1. The number of pyridine rings is 2. The van der Waals surface area contributed by atoms with Crippen LogP contribution in [0.1, 0.15) is 21.7 Å². The summed E-state index contributed by atoms with van der Waals surface area (Å²) in [5.74, 6) is 1.34. The minimum atomic E-state index is -0.217. The van der Waals surface area contributed by atoms with Gasteiger partial charge in [0.05, 0.1) is 27.6 Å². The number of carbonyl (C=O) groups is 2. The van der Waals surface area contributed by atoms with Crippen LogP contribution in [0.5, 0.6) is 11.5 Å². The van der Waals surface area contributed by atoms with Gasteiger partial charge in [0.1, 0.15) is 17.3 Å². The Hall–Kier alpha value is -3.53. The van der Waals surface area contributed by atoms with Crippen molar-refractivity contribution >= 4 is 50.8 Å². The van der Waals surface area contributed by atoms with Crippen molar-refractivity contribution in [2.75, 3.05) is 25.5 Å². The van der Waals surface area contributed by atoms with Crippen LogP contribution in [-0.4, -0.2) is 53.0 Å². The van der Waals surface area contributed by atoms with Crippen LogP contribution in [-0.2, 0) is 16.0 Å². The van der Waals surface area contributed by atoms with Gasteiger partial charge < -0.3 is 19.7 Å². The molecule has 10 heteroatoms. The molecule has 1 N–H and O–H groups in total. The standard InChI is InChI=1S/C26H23ClN4O4S/c1-34-18-8-11-31(15-18)26(33)22-14-20-25(36-22)21(7-10-28-20)35-17-6-5-16(19(27)13-17)12-24(32)30-23-4-2-3-9-29-23/h2-7,9-10,13-14,18H,8,11-12,15H2,1H3,(H,29,30,32)/t18-/m1/s1. The van der Waals surface area contributed by atoms with Gasteiger partial charge in [0.2, 0.25) is 5.91 Å². The smallest absolute Gasteiger partial charge is 0.264 e. The molecule has 1 aromatic carbocycles. The second-order valence-corrected chi connectivity index (χ2v) is 9.79. The normalized spacial score (nSPS) is 15.3. The van der Waals surface area contributed by atoms with E-state index < -0.39 is 0 Å². The molecular weight excluding hydrogens is 500 g/mol. The van der Waals surface area contributed by atoms with Crippen molar-refractivity contribution in [3.05, 3.63) is 76.4 Å². The second-order valence-electron chi connectivity index (χ2n) is 8.33. The molecule has 3 aromatic heterocycles. The second kappa shape index (κ2) is 10.6. The Bertz CT molecular complexity index is 1410.